The lowest BCUT2D eigenvalue weighted by Crippen LogP contribution is -2.42. The Kier molecular flexibility index (Phi) is 3.16. The summed E-state index contributed by atoms with van der Waals surface area (Å²) in [6.07, 6.45) is 4.69. The van der Waals surface area contributed by atoms with Crippen LogP contribution in [0.1, 0.15) is 46.5 Å². The fourth-order valence-corrected chi connectivity index (χ4v) is 3.30. The van der Waals surface area contributed by atoms with Gasteiger partial charge < -0.3 is 10.4 Å². The number of aliphatic carboxylic acids is 1. The number of carboxylic acid groups (broad SMARTS) is 1. The molecule has 0 aromatic heterocycles. The van der Waals surface area contributed by atoms with Gasteiger partial charge in [0, 0.05) is 6.54 Å². The van der Waals surface area contributed by atoms with Gasteiger partial charge >= 0.3 is 5.97 Å². The van der Waals surface area contributed by atoms with E-state index in [1.165, 1.54) is 19.3 Å². The first kappa shape index (κ1) is 13.4. The molecule has 0 aromatic carbocycles. The van der Waals surface area contributed by atoms with E-state index in [2.05, 4.69) is 12.2 Å². The minimum Gasteiger partial charge on any atom is -0.481 e. The Hall–Kier alpha value is -1.06. The fourth-order valence-electron chi connectivity index (χ4n) is 3.30. The van der Waals surface area contributed by atoms with Gasteiger partial charge in [0.2, 0.25) is 5.91 Å². The molecule has 0 radical (unpaired) electrons. The van der Waals surface area contributed by atoms with Gasteiger partial charge in [-0.05, 0) is 30.1 Å². The highest BCUT2D eigenvalue weighted by molar-refractivity contribution is 5.91. The van der Waals surface area contributed by atoms with E-state index in [0.717, 1.165) is 6.42 Å². The average molecular weight is 253 g/mol. The summed E-state index contributed by atoms with van der Waals surface area (Å²) in [6, 6.07) is 0. The van der Waals surface area contributed by atoms with Gasteiger partial charge in [-0.3, -0.25) is 9.59 Å². The van der Waals surface area contributed by atoms with Crippen LogP contribution in [0.3, 0.4) is 0 Å². The summed E-state index contributed by atoms with van der Waals surface area (Å²) in [7, 11) is 0. The molecule has 2 rings (SSSR count). The summed E-state index contributed by atoms with van der Waals surface area (Å²) in [5.41, 5.74) is -0.109. The van der Waals surface area contributed by atoms with Crippen molar-refractivity contribution in [1.29, 1.82) is 0 Å². The smallest absolute Gasteiger partial charge is 0.307 e. The van der Waals surface area contributed by atoms with E-state index in [1.807, 2.05) is 13.8 Å². The molecule has 0 aliphatic heterocycles. The van der Waals surface area contributed by atoms with Gasteiger partial charge in [-0.25, -0.2) is 0 Å². The number of hydrogen-bond donors (Lipinski definition) is 2. The first-order valence-corrected chi connectivity index (χ1v) is 6.84. The first-order valence-electron chi connectivity index (χ1n) is 6.84. The van der Waals surface area contributed by atoms with Crippen LogP contribution in [0.25, 0.3) is 0 Å². The second kappa shape index (κ2) is 4.25. The number of hydrogen-bond acceptors (Lipinski definition) is 2. The maximum Gasteiger partial charge on any atom is 0.307 e. The predicted octanol–water partition coefficient (Wildman–Crippen LogP) is 2.04. The van der Waals surface area contributed by atoms with E-state index in [0.29, 0.717) is 6.54 Å². The number of carbonyl (C=O) groups is 2. The summed E-state index contributed by atoms with van der Waals surface area (Å²) >= 11 is 0. The van der Waals surface area contributed by atoms with Gasteiger partial charge in [0.15, 0.2) is 0 Å². The molecular weight excluding hydrogens is 230 g/mol. The Labute approximate surface area is 108 Å². The maximum absolute atomic E-state index is 12.1. The molecule has 0 bridgehead atoms. The van der Waals surface area contributed by atoms with Crippen LogP contribution in [0.4, 0.5) is 0 Å². The van der Waals surface area contributed by atoms with Gasteiger partial charge in [0.25, 0.3) is 0 Å². The highest BCUT2D eigenvalue weighted by atomic mass is 16.4. The van der Waals surface area contributed by atoms with Crippen LogP contribution >= 0.6 is 0 Å². The van der Waals surface area contributed by atoms with Crippen LogP contribution in [-0.4, -0.2) is 23.5 Å². The molecule has 2 fully saturated rings. The zero-order chi connectivity index (χ0) is 13.6. The number of carbonyl (C=O) groups excluding carboxylic acids is 1. The van der Waals surface area contributed by atoms with E-state index in [1.54, 1.807) is 0 Å². The molecule has 0 heterocycles. The van der Waals surface area contributed by atoms with Crippen molar-refractivity contribution in [3.8, 4) is 0 Å². The molecule has 0 unspecified atom stereocenters. The minimum atomic E-state index is -0.853. The number of amides is 1. The Morgan fingerprint density at radius 2 is 1.89 bits per heavy atom. The van der Waals surface area contributed by atoms with Crippen molar-refractivity contribution in [3.63, 3.8) is 0 Å². The highest BCUT2D eigenvalue weighted by Gasteiger charge is 2.65. The largest absolute Gasteiger partial charge is 0.481 e. The summed E-state index contributed by atoms with van der Waals surface area (Å²) < 4.78 is 0. The number of nitrogens with one attached hydrogen (secondary N) is 1. The molecule has 2 atom stereocenters. The van der Waals surface area contributed by atoms with Crippen LogP contribution in [-0.2, 0) is 9.59 Å². The van der Waals surface area contributed by atoms with Crippen LogP contribution in [0.5, 0.6) is 0 Å². The molecular formula is C14H23NO3. The van der Waals surface area contributed by atoms with Crippen LogP contribution < -0.4 is 5.32 Å². The van der Waals surface area contributed by atoms with Crippen molar-refractivity contribution in [3.05, 3.63) is 0 Å². The standard InChI is InChI=1S/C14H23NO3/c1-4-14(6-5-7-14)8-15-11(16)9-10(12(17)18)13(9,2)3/h9-10H,4-8H2,1-3H3,(H,15,16)(H,17,18)/t9-,10+/m1/s1. The minimum absolute atomic E-state index is 0.0767. The quantitative estimate of drug-likeness (QED) is 0.788. The van der Waals surface area contributed by atoms with Gasteiger partial charge in [0.05, 0.1) is 11.8 Å². The van der Waals surface area contributed by atoms with Gasteiger partial charge in [0.1, 0.15) is 0 Å². The number of rotatable bonds is 5. The Morgan fingerprint density at radius 3 is 2.22 bits per heavy atom. The normalized spacial score (nSPS) is 31.3. The van der Waals surface area contributed by atoms with Crippen molar-refractivity contribution in [2.45, 2.75) is 46.5 Å². The van der Waals surface area contributed by atoms with Crippen LogP contribution in [0.15, 0.2) is 0 Å². The van der Waals surface area contributed by atoms with E-state index in [4.69, 9.17) is 5.11 Å². The first-order chi connectivity index (χ1) is 8.34. The van der Waals surface area contributed by atoms with Crippen LogP contribution in [0, 0.1) is 22.7 Å². The molecule has 2 N–H and O–H groups in total. The van der Waals surface area contributed by atoms with Gasteiger partial charge in [-0.15, -0.1) is 0 Å². The van der Waals surface area contributed by atoms with E-state index < -0.39 is 17.3 Å². The second-order valence-corrected chi connectivity index (χ2v) is 6.54. The van der Waals surface area contributed by atoms with Crippen molar-refractivity contribution < 1.29 is 14.7 Å². The fraction of sp³-hybridized carbons (Fsp3) is 0.857. The van der Waals surface area contributed by atoms with E-state index in [-0.39, 0.29) is 17.2 Å². The third-order valence-electron chi connectivity index (χ3n) is 5.18. The molecule has 1 amide bonds. The molecule has 0 spiro atoms. The van der Waals surface area contributed by atoms with Crippen LogP contribution in [0.2, 0.25) is 0 Å². The lowest BCUT2D eigenvalue weighted by molar-refractivity contribution is -0.140. The predicted molar refractivity (Wildman–Crippen MR) is 68.0 cm³/mol. The maximum atomic E-state index is 12.1. The highest BCUT2D eigenvalue weighted by Crippen LogP contribution is 2.58. The van der Waals surface area contributed by atoms with Crippen molar-refractivity contribution in [1.82, 2.24) is 5.32 Å². The molecule has 2 aliphatic carbocycles. The average Bonchev–Trinajstić information content (AvgIpc) is 2.80. The van der Waals surface area contributed by atoms with Gasteiger partial charge in [-0.1, -0.05) is 27.2 Å². The van der Waals surface area contributed by atoms with E-state index >= 15 is 0 Å². The van der Waals surface area contributed by atoms with Crippen molar-refractivity contribution in [2.24, 2.45) is 22.7 Å². The molecule has 18 heavy (non-hydrogen) atoms. The third-order valence-corrected chi connectivity index (χ3v) is 5.18. The Balaban J connectivity index is 1.88. The summed E-state index contributed by atoms with van der Waals surface area (Å²) in [6.45, 7) is 6.58. The second-order valence-electron chi connectivity index (χ2n) is 6.54. The summed E-state index contributed by atoms with van der Waals surface area (Å²) in [5.74, 6) is -1.80. The topological polar surface area (TPSA) is 66.4 Å². The Morgan fingerprint density at radius 1 is 1.28 bits per heavy atom. The lowest BCUT2D eigenvalue weighted by Gasteiger charge is -2.41. The van der Waals surface area contributed by atoms with E-state index in [9.17, 15) is 9.59 Å². The molecule has 2 aliphatic rings. The molecule has 2 saturated carbocycles. The zero-order valence-electron chi connectivity index (χ0n) is 11.5. The van der Waals surface area contributed by atoms with Crippen molar-refractivity contribution >= 4 is 11.9 Å². The Bertz CT molecular complexity index is 366. The number of carboxylic acids is 1. The SMILES string of the molecule is CCC1(CNC(=O)[C@H]2[C@@H](C(=O)O)C2(C)C)CCC1. The van der Waals surface area contributed by atoms with Crippen molar-refractivity contribution in [2.75, 3.05) is 6.54 Å². The molecule has 0 aromatic rings. The molecule has 4 heteroatoms. The summed E-state index contributed by atoms with van der Waals surface area (Å²) in [5, 5.41) is 12.0. The molecule has 0 saturated heterocycles. The van der Waals surface area contributed by atoms with Gasteiger partial charge in [-0.2, -0.15) is 0 Å². The monoisotopic (exact) mass is 253 g/mol. The molecule has 4 nitrogen and oxygen atoms in total. The third kappa shape index (κ3) is 2.02. The molecule has 102 valence electrons. The lowest BCUT2D eigenvalue weighted by atomic mass is 9.67. The zero-order valence-corrected chi connectivity index (χ0v) is 11.5. The summed E-state index contributed by atoms with van der Waals surface area (Å²) in [4.78, 5) is 23.1.